The van der Waals surface area contributed by atoms with Gasteiger partial charge in [0.15, 0.2) is 0 Å². The highest BCUT2D eigenvalue weighted by atomic mass is 19.4. The Morgan fingerprint density at radius 2 is 1.61 bits per heavy atom. The van der Waals surface area contributed by atoms with Crippen molar-refractivity contribution in [3.63, 3.8) is 0 Å². The number of aromatic nitrogens is 2. The molecular formula is C11H8F3N3O. The summed E-state index contributed by atoms with van der Waals surface area (Å²) < 4.78 is 39.5. The van der Waals surface area contributed by atoms with Gasteiger partial charge in [-0.3, -0.25) is 0 Å². The van der Waals surface area contributed by atoms with Gasteiger partial charge in [-0.25, -0.2) is 9.97 Å². The highest BCUT2D eigenvalue weighted by Gasteiger charge is 2.30. The average Bonchev–Trinajstić information content (AvgIpc) is 2.31. The number of nitrogens with zero attached hydrogens (tertiary/aromatic N) is 2. The van der Waals surface area contributed by atoms with Crippen LogP contribution in [0.4, 0.5) is 24.8 Å². The van der Waals surface area contributed by atoms with Crippen LogP contribution in [-0.2, 0) is 0 Å². The molecule has 4 nitrogen and oxygen atoms in total. The van der Waals surface area contributed by atoms with E-state index >= 15 is 0 Å². The Balaban J connectivity index is 2.04. The zero-order chi connectivity index (χ0) is 13.0. The van der Waals surface area contributed by atoms with Crippen molar-refractivity contribution in [2.75, 3.05) is 5.32 Å². The predicted molar refractivity (Wildman–Crippen MR) is 58.4 cm³/mol. The van der Waals surface area contributed by atoms with Gasteiger partial charge in [-0.05, 0) is 30.3 Å². The summed E-state index contributed by atoms with van der Waals surface area (Å²) in [6, 6.07) is 6.96. The van der Waals surface area contributed by atoms with E-state index in [4.69, 9.17) is 0 Å². The van der Waals surface area contributed by atoms with Crippen LogP contribution in [0.1, 0.15) is 0 Å². The minimum absolute atomic E-state index is 0.276. The van der Waals surface area contributed by atoms with Crippen molar-refractivity contribution < 1.29 is 17.9 Å². The summed E-state index contributed by atoms with van der Waals surface area (Å²) in [6.45, 7) is 0. The van der Waals surface area contributed by atoms with Crippen molar-refractivity contribution >= 4 is 11.6 Å². The van der Waals surface area contributed by atoms with E-state index in [1.54, 1.807) is 18.5 Å². The van der Waals surface area contributed by atoms with Crippen molar-refractivity contribution in [1.29, 1.82) is 0 Å². The zero-order valence-corrected chi connectivity index (χ0v) is 8.98. The fourth-order valence-electron chi connectivity index (χ4n) is 1.23. The fraction of sp³-hybridized carbons (Fsp3) is 0.0909. The third-order valence-electron chi connectivity index (χ3n) is 1.91. The Morgan fingerprint density at radius 3 is 2.17 bits per heavy atom. The number of anilines is 2. The SMILES string of the molecule is FC(F)(F)Oc1ccc(Nc2ncccn2)cc1. The lowest BCUT2D eigenvalue weighted by molar-refractivity contribution is -0.274. The number of halogens is 3. The van der Waals surface area contributed by atoms with Crippen LogP contribution < -0.4 is 10.1 Å². The van der Waals surface area contributed by atoms with Crippen molar-refractivity contribution in [3.8, 4) is 5.75 Å². The number of hydrogen-bond acceptors (Lipinski definition) is 4. The third kappa shape index (κ3) is 3.62. The topological polar surface area (TPSA) is 47.0 Å². The molecule has 0 saturated carbocycles. The number of alkyl halides is 3. The average molecular weight is 255 g/mol. The Bertz CT molecular complexity index is 499. The molecule has 1 aromatic carbocycles. The van der Waals surface area contributed by atoms with Crippen LogP contribution in [0.25, 0.3) is 0 Å². The van der Waals surface area contributed by atoms with Crippen molar-refractivity contribution in [2.24, 2.45) is 0 Å². The van der Waals surface area contributed by atoms with E-state index in [0.29, 0.717) is 11.6 Å². The molecule has 0 unspecified atom stereocenters. The molecule has 2 rings (SSSR count). The van der Waals surface area contributed by atoms with E-state index < -0.39 is 6.36 Å². The quantitative estimate of drug-likeness (QED) is 0.915. The molecule has 1 aromatic heterocycles. The molecule has 0 spiro atoms. The van der Waals surface area contributed by atoms with E-state index in [2.05, 4.69) is 20.0 Å². The molecule has 7 heteroatoms. The minimum atomic E-state index is -4.68. The lowest BCUT2D eigenvalue weighted by Gasteiger charge is -2.09. The highest BCUT2D eigenvalue weighted by molar-refractivity contribution is 5.54. The number of ether oxygens (including phenoxy) is 1. The van der Waals surface area contributed by atoms with Crippen molar-refractivity contribution in [2.45, 2.75) is 6.36 Å². The summed E-state index contributed by atoms with van der Waals surface area (Å²) in [5, 5.41) is 2.83. The van der Waals surface area contributed by atoms with Gasteiger partial charge in [0.25, 0.3) is 0 Å². The second-order valence-electron chi connectivity index (χ2n) is 3.27. The first kappa shape index (κ1) is 12.2. The summed E-state index contributed by atoms with van der Waals surface area (Å²) in [7, 11) is 0. The summed E-state index contributed by atoms with van der Waals surface area (Å²) in [5.74, 6) is 0.0871. The molecule has 0 fully saturated rings. The Morgan fingerprint density at radius 1 is 1.00 bits per heavy atom. The first-order valence-corrected chi connectivity index (χ1v) is 4.93. The lowest BCUT2D eigenvalue weighted by Crippen LogP contribution is -2.16. The van der Waals surface area contributed by atoms with Crippen molar-refractivity contribution in [3.05, 3.63) is 42.7 Å². The van der Waals surface area contributed by atoms with Gasteiger partial charge in [-0.1, -0.05) is 0 Å². The second kappa shape index (κ2) is 4.91. The third-order valence-corrected chi connectivity index (χ3v) is 1.91. The Labute approximate surface area is 100 Å². The predicted octanol–water partition coefficient (Wildman–Crippen LogP) is 3.12. The van der Waals surface area contributed by atoms with Crippen LogP contribution in [0.3, 0.4) is 0 Å². The first-order chi connectivity index (χ1) is 8.53. The first-order valence-electron chi connectivity index (χ1n) is 4.93. The molecule has 0 aliphatic rings. The van der Waals surface area contributed by atoms with E-state index in [1.165, 1.54) is 24.3 Å². The molecule has 18 heavy (non-hydrogen) atoms. The standard InChI is InChI=1S/C11H8F3N3O/c12-11(13,14)18-9-4-2-8(3-5-9)17-10-15-6-1-7-16-10/h1-7H,(H,15,16,17). The van der Waals surface area contributed by atoms with Gasteiger partial charge in [-0.2, -0.15) is 0 Å². The summed E-state index contributed by atoms with van der Waals surface area (Å²) in [6.07, 6.45) is -1.58. The molecule has 94 valence electrons. The molecule has 0 saturated heterocycles. The number of benzene rings is 1. The maximum Gasteiger partial charge on any atom is 0.573 e. The van der Waals surface area contributed by atoms with Crippen LogP contribution in [0.15, 0.2) is 42.7 Å². The van der Waals surface area contributed by atoms with Gasteiger partial charge in [0.1, 0.15) is 5.75 Å². The molecule has 0 atom stereocenters. The molecular weight excluding hydrogens is 247 g/mol. The highest BCUT2D eigenvalue weighted by Crippen LogP contribution is 2.24. The van der Waals surface area contributed by atoms with E-state index in [1.807, 2.05) is 0 Å². The molecule has 2 aromatic rings. The number of nitrogens with one attached hydrogen (secondary N) is 1. The van der Waals surface area contributed by atoms with Gasteiger partial charge < -0.3 is 10.1 Å². The molecule has 0 amide bonds. The molecule has 0 bridgehead atoms. The second-order valence-corrected chi connectivity index (χ2v) is 3.27. The summed E-state index contributed by atoms with van der Waals surface area (Å²) >= 11 is 0. The maximum atomic E-state index is 11.9. The van der Waals surface area contributed by atoms with Crippen LogP contribution in [0.2, 0.25) is 0 Å². The molecule has 0 aliphatic heterocycles. The fourth-order valence-corrected chi connectivity index (χ4v) is 1.23. The largest absolute Gasteiger partial charge is 0.573 e. The van der Waals surface area contributed by atoms with Gasteiger partial charge in [0, 0.05) is 18.1 Å². The Kier molecular flexibility index (Phi) is 3.31. The Hall–Kier alpha value is -2.31. The maximum absolute atomic E-state index is 11.9. The zero-order valence-electron chi connectivity index (χ0n) is 8.98. The number of hydrogen-bond donors (Lipinski definition) is 1. The van der Waals surface area contributed by atoms with Gasteiger partial charge in [-0.15, -0.1) is 13.2 Å². The van der Waals surface area contributed by atoms with Crippen molar-refractivity contribution in [1.82, 2.24) is 9.97 Å². The minimum Gasteiger partial charge on any atom is -0.406 e. The van der Waals surface area contributed by atoms with Crippen LogP contribution in [-0.4, -0.2) is 16.3 Å². The normalized spacial score (nSPS) is 11.1. The van der Waals surface area contributed by atoms with Crippen LogP contribution >= 0.6 is 0 Å². The van der Waals surface area contributed by atoms with E-state index in [0.717, 1.165) is 0 Å². The monoisotopic (exact) mass is 255 g/mol. The van der Waals surface area contributed by atoms with Crippen LogP contribution in [0.5, 0.6) is 5.75 Å². The summed E-state index contributed by atoms with van der Waals surface area (Å²) in [5.41, 5.74) is 0.565. The van der Waals surface area contributed by atoms with Gasteiger partial charge in [0.05, 0.1) is 0 Å². The molecule has 0 radical (unpaired) electrons. The molecule has 0 aliphatic carbocycles. The van der Waals surface area contributed by atoms with E-state index in [9.17, 15) is 13.2 Å². The molecule has 1 heterocycles. The summed E-state index contributed by atoms with van der Waals surface area (Å²) in [4.78, 5) is 7.84. The molecule has 1 N–H and O–H groups in total. The van der Waals surface area contributed by atoms with E-state index in [-0.39, 0.29) is 5.75 Å². The number of rotatable bonds is 3. The van der Waals surface area contributed by atoms with Crippen LogP contribution in [0, 0.1) is 0 Å². The van der Waals surface area contributed by atoms with Gasteiger partial charge >= 0.3 is 6.36 Å². The van der Waals surface area contributed by atoms with Gasteiger partial charge in [0.2, 0.25) is 5.95 Å². The lowest BCUT2D eigenvalue weighted by atomic mass is 10.3. The smallest absolute Gasteiger partial charge is 0.406 e.